The molecular weight excluding hydrogens is 360 g/mol. The first kappa shape index (κ1) is 14.1. The highest BCUT2D eigenvalue weighted by molar-refractivity contribution is 5.95. The molecule has 0 radical (unpaired) electrons. The van der Waals surface area contributed by atoms with E-state index in [1.165, 1.54) is 0 Å². The molecule has 0 aliphatic rings. The van der Waals surface area contributed by atoms with E-state index in [1.807, 2.05) is 84.9 Å². The van der Waals surface area contributed by atoms with Crippen LogP contribution in [0.2, 0.25) is 0 Å². The van der Waals surface area contributed by atoms with Crippen LogP contribution in [0, 0.1) is 0 Å². The number of hydrogen-bond acceptors (Lipinski definition) is 0. The molecule has 0 aliphatic heterocycles. The van der Waals surface area contributed by atoms with Gasteiger partial charge in [-0.1, -0.05) is 121 Å². The van der Waals surface area contributed by atoms with Crippen LogP contribution in [-0.2, 0) is 0 Å². The van der Waals surface area contributed by atoms with Crippen molar-refractivity contribution < 1.29 is 5.48 Å². The Kier molecular flexibility index (Phi) is 3.88. The van der Waals surface area contributed by atoms with Crippen LogP contribution < -0.4 is 0 Å². The van der Waals surface area contributed by atoms with E-state index in [-0.39, 0.29) is 0 Å². The van der Waals surface area contributed by atoms with Gasteiger partial charge in [0.15, 0.2) is 0 Å². The Balaban J connectivity index is 1.93. The lowest BCUT2D eigenvalue weighted by molar-refractivity contribution is 1.54. The molecule has 0 saturated carbocycles. The molecule has 0 bridgehead atoms. The lowest BCUT2D eigenvalue weighted by Gasteiger charge is -2.18. The molecule has 0 amide bonds. The van der Waals surface area contributed by atoms with Crippen LogP contribution >= 0.6 is 0 Å². The van der Waals surface area contributed by atoms with Gasteiger partial charge in [0.25, 0.3) is 0 Å². The van der Waals surface area contributed by atoms with E-state index in [0.717, 1.165) is 44.5 Å². The first-order valence-corrected chi connectivity index (χ1v) is 9.96. The SMILES string of the molecule is [2H]c1ccccc1-c1cc(-c2ccccc2[2H])c(-c2ccccc2[2H])cc1-c1ccccc1[2H]. The van der Waals surface area contributed by atoms with E-state index in [2.05, 4.69) is 0 Å². The molecule has 142 valence electrons. The summed E-state index contributed by atoms with van der Waals surface area (Å²) in [5.74, 6) is 0. The van der Waals surface area contributed by atoms with Crippen LogP contribution in [0.4, 0.5) is 0 Å². The molecule has 5 aromatic rings. The molecule has 0 N–H and O–H groups in total. The third-order valence-electron chi connectivity index (χ3n) is 5.15. The Bertz CT molecular complexity index is 1280. The summed E-state index contributed by atoms with van der Waals surface area (Å²) in [6, 6.07) is 35.3. The number of rotatable bonds is 4. The van der Waals surface area contributed by atoms with Crippen molar-refractivity contribution in [3.8, 4) is 44.5 Å². The van der Waals surface area contributed by atoms with Crippen molar-refractivity contribution >= 4 is 0 Å². The predicted molar refractivity (Wildman–Crippen MR) is 128 cm³/mol. The predicted octanol–water partition coefficient (Wildman–Crippen LogP) is 8.35. The van der Waals surface area contributed by atoms with Crippen molar-refractivity contribution in [2.45, 2.75) is 0 Å². The van der Waals surface area contributed by atoms with Gasteiger partial charge in [-0.15, -0.1) is 0 Å². The minimum Gasteiger partial charge on any atom is -0.0622 e. The second-order valence-electron chi connectivity index (χ2n) is 7.05. The average molecular weight is 387 g/mol. The normalized spacial score (nSPS) is 12.5. The summed E-state index contributed by atoms with van der Waals surface area (Å²) in [6.45, 7) is 0. The number of hydrogen-bond donors (Lipinski definition) is 0. The lowest BCUT2D eigenvalue weighted by atomic mass is 9.86. The molecule has 30 heavy (non-hydrogen) atoms. The maximum absolute atomic E-state index is 8.58. The van der Waals surface area contributed by atoms with E-state index in [9.17, 15) is 0 Å². The maximum Gasteiger partial charge on any atom is 0.0629 e. The van der Waals surface area contributed by atoms with E-state index < -0.39 is 0 Å². The molecule has 5 aromatic carbocycles. The van der Waals surface area contributed by atoms with E-state index in [1.54, 1.807) is 24.3 Å². The van der Waals surface area contributed by atoms with Crippen molar-refractivity contribution in [1.82, 2.24) is 0 Å². The summed E-state index contributed by atoms with van der Waals surface area (Å²) in [7, 11) is 0. The molecule has 0 heteroatoms. The van der Waals surface area contributed by atoms with Gasteiger partial charge < -0.3 is 0 Å². The standard InChI is InChI=1S/C30H22/c1-5-13-23(14-6-1)27-21-29(25-17-9-3-10-18-25)30(26-19-11-4-12-20-26)22-28(27)24-15-7-2-8-16-24/h1-22H/i13D,15D,17D,19D. The van der Waals surface area contributed by atoms with Crippen molar-refractivity contribution in [3.63, 3.8) is 0 Å². The van der Waals surface area contributed by atoms with Gasteiger partial charge >= 0.3 is 0 Å². The molecule has 0 fully saturated rings. The zero-order chi connectivity index (χ0) is 23.7. The molecule has 0 nitrogen and oxygen atoms in total. The van der Waals surface area contributed by atoms with E-state index >= 15 is 0 Å². The topological polar surface area (TPSA) is 0 Å². The van der Waals surface area contributed by atoms with Crippen LogP contribution in [-0.4, -0.2) is 0 Å². The van der Waals surface area contributed by atoms with Crippen molar-refractivity contribution in [1.29, 1.82) is 0 Å². The van der Waals surface area contributed by atoms with Gasteiger partial charge in [0.1, 0.15) is 0 Å². The third kappa shape index (κ3) is 3.56. The summed E-state index contributed by atoms with van der Waals surface area (Å²) in [6.07, 6.45) is 0. The Morgan fingerprint density at radius 3 is 0.833 bits per heavy atom. The van der Waals surface area contributed by atoms with Gasteiger partial charge in [-0.3, -0.25) is 0 Å². The second-order valence-corrected chi connectivity index (χ2v) is 7.05. The first-order chi connectivity index (χ1) is 16.5. The minimum absolute atomic E-state index is 0.393. The van der Waals surface area contributed by atoms with Gasteiger partial charge in [-0.05, 0) is 56.6 Å². The van der Waals surface area contributed by atoms with E-state index in [4.69, 9.17) is 5.48 Å². The van der Waals surface area contributed by atoms with Crippen LogP contribution in [0.15, 0.2) is 133 Å². The summed E-state index contributed by atoms with van der Waals surface area (Å²) in [5, 5.41) is 0. The molecule has 0 saturated heterocycles. The van der Waals surface area contributed by atoms with Crippen LogP contribution in [0.5, 0.6) is 0 Å². The first-order valence-electron chi connectivity index (χ1n) is 12.0. The molecule has 0 unspecified atom stereocenters. The van der Waals surface area contributed by atoms with Crippen molar-refractivity contribution in [3.05, 3.63) is 133 Å². The summed E-state index contributed by atoms with van der Waals surface area (Å²) >= 11 is 0. The van der Waals surface area contributed by atoms with Gasteiger partial charge in [0.05, 0.1) is 5.48 Å². The molecule has 0 aromatic heterocycles. The molecule has 0 atom stereocenters. The molecule has 0 heterocycles. The van der Waals surface area contributed by atoms with E-state index in [0.29, 0.717) is 24.2 Å². The fraction of sp³-hybridized carbons (Fsp3) is 0. The van der Waals surface area contributed by atoms with Gasteiger partial charge in [-0.25, -0.2) is 0 Å². The van der Waals surface area contributed by atoms with Crippen molar-refractivity contribution in [2.24, 2.45) is 0 Å². The van der Waals surface area contributed by atoms with Crippen molar-refractivity contribution in [2.75, 3.05) is 0 Å². The summed E-state index contributed by atoms with van der Waals surface area (Å²) in [4.78, 5) is 0. The van der Waals surface area contributed by atoms with Crippen LogP contribution in [0.1, 0.15) is 5.48 Å². The second kappa shape index (κ2) is 8.23. The zero-order valence-electron chi connectivity index (χ0n) is 20.4. The van der Waals surface area contributed by atoms with Gasteiger partial charge in [0, 0.05) is 0 Å². The van der Waals surface area contributed by atoms with Gasteiger partial charge in [0.2, 0.25) is 0 Å². The fourth-order valence-electron chi connectivity index (χ4n) is 3.73. The van der Waals surface area contributed by atoms with Crippen LogP contribution in [0.3, 0.4) is 0 Å². The minimum atomic E-state index is 0.393. The highest BCUT2D eigenvalue weighted by Crippen LogP contribution is 2.41. The monoisotopic (exact) mass is 386 g/mol. The molecule has 0 aliphatic carbocycles. The number of benzene rings is 5. The molecule has 0 spiro atoms. The quantitative estimate of drug-likeness (QED) is 0.291. The Morgan fingerprint density at radius 1 is 0.333 bits per heavy atom. The highest BCUT2D eigenvalue weighted by atomic mass is 14.2. The smallest absolute Gasteiger partial charge is 0.0622 e. The summed E-state index contributed by atoms with van der Waals surface area (Å²) in [5.41, 5.74) is 6.35. The largest absolute Gasteiger partial charge is 0.0629 e. The Hall–Kier alpha value is -3.90. The Morgan fingerprint density at radius 2 is 0.600 bits per heavy atom. The summed E-state index contributed by atoms with van der Waals surface area (Å²) < 4.78 is 34.3. The molecular formula is C30H22. The lowest BCUT2D eigenvalue weighted by Crippen LogP contribution is -1.92. The average Bonchev–Trinajstić information content (AvgIpc) is 2.85. The highest BCUT2D eigenvalue weighted by Gasteiger charge is 2.15. The molecule has 5 rings (SSSR count). The maximum atomic E-state index is 8.58. The van der Waals surface area contributed by atoms with Crippen LogP contribution in [0.25, 0.3) is 44.5 Å². The van der Waals surface area contributed by atoms with Gasteiger partial charge in [-0.2, -0.15) is 0 Å². The Labute approximate surface area is 183 Å². The third-order valence-corrected chi connectivity index (χ3v) is 5.15. The fourth-order valence-corrected chi connectivity index (χ4v) is 3.73. The zero-order valence-corrected chi connectivity index (χ0v) is 16.4.